The van der Waals surface area contributed by atoms with E-state index in [0.717, 1.165) is 22.4 Å². The Hall–Kier alpha value is -1.49. The van der Waals surface area contributed by atoms with Crippen molar-refractivity contribution in [1.29, 1.82) is 0 Å². The van der Waals surface area contributed by atoms with Gasteiger partial charge in [0.15, 0.2) is 0 Å². The number of aryl methyl sites for hydroxylation is 2. The summed E-state index contributed by atoms with van der Waals surface area (Å²) >= 11 is 1.70. The van der Waals surface area contributed by atoms with Gasteiger partial charge in [-0.15, -0.1) is 11.8 Å². The van der Waals surface area contributed by atoms with Crippen LogP contribution >= 0.6 is 11.8 Å². The summed E-state index contributed by atoms with van der Waals surface area (Å²) in [5.74, 6) is 1.05. The van der Waals surface area contributed by atoms with Crippen LogP contribution in [-0.4, -0.2) is 28.7 Å². The average Bonchev–Trinajstić information content (AvgIpc) is 2.64. The van der Waals surface area contributed by atoms with Crippen molar-refractivity contribution in [3.63, 3.8) is 0 Å². The van der Waals surface area contributed by atoms with Gasteiger partial charge < -0.3 is 14.9 Å². The first-order chi connectivity index (χ1) is 12.7. The monoisotopic (exact) mass is 388 g/mol. The zero-order valence-electron chi connectivity index (χ0n) is 17.2. The van der Waals surface area contributed by atoms with Crippen LogP contribution in [0.5, 0.6) is 5.75 Å². The molecule has 0 aliphatic rings. The fourth-order valence-electron chi connectivity index (χ4n) is 3.17. The molecular formula is C23H32O3S. The standard InChI is InChI=1S/C23H32O3S/c1-15(13-21(25)18-7-9-20(27-6)10-8-18)19-11-16(2)22(17(3)12-19)26-23(4,5)14-24/h7-12,15,21,24-25H,13-14H2,1-6H3. The normalized spacial score (nSPS) is 14.1. The molecule has 2 rings (SSSR count). The molecule has 0 heterocycles. The summed E-state index contributed by atoms with van der Waals surface area (Å²) in [6, 6.07) is 12.4. The summed E-state index contributed by atoms with van der Waals surface area (Å²) in [6.45, 7) is 9.92. The Morgan fingerprint density at radius 3 is 2.07 bits per heavy atom. The van der Waals surface area contributed by atoms with Gasteiger partial charge in [-0.25, -0.2) is 0 Å². The highest BCUT2D eigenvalue weighted by molar-refractivity contribution is 7.98. The Balaban J connectivity index is 2.14. The largest absolute Gasteiger partial charge is 0.485 e. The first kappa shape index (κ1) is 21.8. The van der Waals surface area contributed by atoms with Gasteiger partial charge in [-0.2, -0.15) is 0 Å². The second kappa shape index (κ2) is 9.13. The van der Waals surface area contributed by atoms with Crippen molar-refractivity contribution in [2.75, 3.05) is 12.9 Å². The van der Waals surface area contributed by atoms with E-state index in [4.69, 9.17) is 4.74 Å². The van der Waals surface area contributed by atoms with Gasteiger partial charge in [0.05, 0.1) is 12.7 Å². The summed E-state index contributed by atoms with van der Waals surface area (Å²) in [6.07, 6.45) is 2.23. The molecular weight excluding hydrogens is 356 g/mol. The molecule has 0 spiro atoms. The summed E-state index contributed by atoms with van der Waals surface area (Å²) < 4.78 is 6.02. The molecule has 0 fully saturated rings. The van der Waals surface area contributed by atoms with Crippen LogP contribution in [0.15, 0.2) is 41.3 Å². The number of hydrogen-bond donors (Lipinski definition) is 2. The Labute approximate surface area is 167 Å². The molecule has 2 unspecified atom stereocenters. The van der Waals surface area contributed by atoms with Gasteiger partial charge in [-0.05, 0) is 80.7 Å². The number of thioether (sulfide) groups is 1. The van der Waals surface area contributed by atoms with Gasteiger partial charge in [0.2, 0.25) is 0 Å². The van der Waals surface area contributed by atoms with Crippen molar-refractivity contribution in [1.82, 2.24) is 0 Å². The molecule has 0 aromatic heterocycles. The molecule has 0 saturated heterocycles. The fraction of sp³-hybridized carbons (Fsp3) is 0.478. The van der Waals surface area contributed by atoms with E-state index in [9.17, 15) is 10.2 Å². The number of aliphatic hydroxyl groups excluding tert-OH is 2. The van der Waals surface area contributed by atoms with Crippen molar-refractivity contribution >= 4 is 11.8 Å². The van der Waals surface area contributed by atoms with Crippen molar-refractivity contribution < 1.29 is 14.9 Å². The summed E-state index contributed by atoms with van der Waals surface area (Å²) in [5.41, 5.74) is 3.65. The van der Waals surface area contributed by atoms with Crippen LogP contribution in [0.25, 0.3) is 0 Å². The SMILES string of the molecule is CSc1ccc(C(O)CC(C)c2cc(C)c(OC(C)(C)CO)c(C)c2)cc1. The van der Waals surface area contributed by atoms with E-state index in [-0.39, 0.29) is 12.5 Å². The number of benzene rings is 2. The quantitative estimate of drug-likeness (QED) is 0.594. The van der Waals surface area contributed by atoms with Crippen LogP contribution < -0.4 is 4.74 Å². The smallest absolute Gasteiger partial charge is 0.126 e. The van der Waals surface area contributed by atoms with E-state index in [1.165, 1.54) is 10.5 Å². The van der Waals surface area contributed by atoms with E-state index >= 15 is 0 Å². The fourth-order valence-corrected chi connectivity index (χ4v) is 3.58. The highest BCUT2D eigenvalue weighted by Crippen LogP contribution is 2.34. The van der Waals surface area contributed by atoms with Gasteiger partial charge >= 0.3 is 0 Å². The number of hydrogen-bond acceptors (Lipinski definition) is 4. The molecule has 0 radical (unpaired) electrons. The molecule has 2 N–H and O–H groups in total. The average molecular weight is 389 g/mol. The second-order valence-corrected chi connectivity index (χ2v) is 8.81. The maximum Gasteiger partial charge on any atom is 0.126 e. The molecule has 148 valence electrons. The zero-order valence-corrected chi connectivity index (χ0v) is 18.1. The molecule has 0 aliphatic heterocycles. The highest BCUT2D eigenvalue weighted by Gasteiger charge is 2.22. The lowest BCUT2D eigenvalue weighted by Gasteiger charge is -2.27. The van der Waals surface area contributed by atoms with E-state index < -0.39 is 11.7 Å². The van der Waals surface area contributed by atoms with Crippen LogP contribution in [0, 0.1) is 13.8 Å². The molecule has 0 amide bonds. The van der Waals surface area contributed by atoms with Crippen molar-refractivity contribution in [3.05, 3.63) is 58.7 Å². The predicted molar refractivity (Wildman–Crippen MR) is 114 cm³/mol. The maximum absolute atomic E-state index is 10.6. The van der Waals surface area contributed by atoms with Gasteiger partial charge in [-0.1, -0.05) is 31.2 Å². The van der Waals surface area contributed by atoms with Crippen LogP contribution in [0.3, 0.4) is 0 Å². The Morgan fingerprint density at radius 1 is 1.04 bits per heavy atom. The van der Waals surface area contributed by atoms with Crippen molar-refractivity contribution in [2.45, 2.75) is 63.6 Å². The van der Waals surface area contributed by atoms with Gasteiger partial charge in [0.25, 0.3) is 0 Å². The predicted octanol–water partition coefficient (Wildman–Crippen LogP) is 5.40. The van der Waals surface area contributed by atoms with E-state index in [2.05, 4.69) is 31.2 Å². The molecule has 4 heteroatoms. The first-order valence-corrected chi connectivity index (χ1v) is 10.6. The summed E-state index contributed by atoms with van der Waals surface area (Å²) in [4.78, 5) is 1.20. The number of rotatable bonds is 8. The number of aliphatic hydroxyl groups is 2. The molecule has 0 bridgehead atoms. The van der Waals surface area contributed by atoms with Crippen molar-refractivity contribution in [3.8, 4) is 5.75 Å². The third-order valence-corrected chi connectivity index (χ3v) is 5.63. The van der Waals surface area contributed by atoms with Crippen molar-refractivity contribution in [2.24, 2.45) is 0 Å². The summed E-state index contributed by atoms with van der Waals surface area (Å²) in [7, 11) is 0. The van der Waals surface area contributed by atoms with E-state index in [0.29, 0.717) is 6.42 Å². The minimum absolute atomic E-state index is 0.0362. The molecule has 3 nitrogen and oxygen atoms in total. The Bertz CT molecular complexity index is 730. The first-order valence-electron chi connectivity index (χ1n) is 9.40. The summed E-state index contributed by atoms with van der Waals surface area (Å²) in [5, 5.41) is 20.1. The van der Waals surface area contributed by atoms with Gasteiger partial charge in [0, 0.05) is 4.90 Å². The third kappa shape index (κ3) is 5.74. The molecule has 0 aliphatic carbocycles. The minimum Gasteiger partial charge on any atom is -0.485 e. The lowest BCUT2D eigenvalue weighted by molar-refractivity contribution is 0.0400. The van der Waals surface area contributed by atoms with E-state index in [1.807, 2.05) is 46.1 Å². The molecule has 2 aromatic carbocycles. The lowest BCUT2D eigenvalue weighted by Crippen LogP contribution is -2.33. The Kier molecular flexibility index (Phi) is 7.38. The van der Waals surface area contributed by atoms with Gasteiger partial charge in [0.1, 0.15) is 11.4 Å². The number of ether oxygens (including phenoxy) is 1. The zero-order chi connectivity index (χ0) is 20.2. The molecule has 27 heavy (non-hydrogen) atoms. The third-order valence-electron chi connectivity index (χ3n) is 4.89. The maximum atomic E-state index is 10.6. The molecule has 0 saturated carbocycles. The van der Waals surface area contributed by atoms with Crippen LogP contribution in [0.2, 0.25) is 0 Å². The second-order valence-electron chi connectivity index (χ2n) is 7.93. The molecule has 2 atom stereocenters. The minimum atomic E-state index is -0.609. The van der Waals surface area contributed by atoms with Gasteiger partial charge in [-0.3, -0.25) is 0 Å². The molecule has 2 aromatic rings. The van der Waals surface area contributed by atoms with Crippen LogP contribution in [0.4, 0.5) is 0 Å². The Morgan fingerprint density at radius 2 is 1.59 bits per heavy atom. The topological polar surface area (TPSA) is 49.7 Å². The lowest BCUT2D eigenvalue weighted by atomic mass is 9.90. The van der Waals surface area contributed by atoms with Crippen LogP contribution in [-0.2, 0) is 0 Å². The highest BCUT2D eigenvalue weighted by atomic mass is 32.2. The van der Waals surface area contributed by atoms with E-state index in [1.54, 1.807) is 11.8 Å². The van der Waals surface area contributed by atoms with Crippen LogP contribution in [0.1, 0.15) is 61.5 Å².